The summed E-state index contributed by atoms with van der Waals surface area (Å²) >= 11 is 0. The first-order chi connectivity index (χ1) is 8.22. The third-order valence-electron chi connectivity index (χ3n) is 2.74. The first-order valence-corrected chi connectivity index (χ1v) is 6.19. The molecule has 1 nitrogen and oxygen atoms in total. The molecule has 0 fully saturated rings. The van der Waals surface area contributed by atoms with E-state index in [0.29, 0.717) is 5.75 Å². The Labute approximate surface area is 155 Å². The van der Waals surface area contributed by atoms with Crippen LogP contribution in [0.1, 0.15) is 50.7 Å². The topological polar surface area (TPSA) is 9.23 Å². The van der Waals surface area contributed by atoms with E-state index in [0.717, 1.165) is 11.1 Å². The summed E-state index contributed by atoms with van der Waals surface area (Å²) in [7, 11) is 0. The van der Waals surface area contributed by atoms with Crippen LogP contribution in [0, 0.1) is 0 Å². The van der Waals surface area contributed by atoms with Crippen molar-refractivity contribution in [2.24, 2.45) is 0 Å². The predicted molar refractivity (Wildman–Crippen MR) is 69.2 cm³/mol. The van der Waals surface area contributed by atoms with Crippen LogP contribution in [-0.2, 0) is 0 Å². The van der Waals surface area contributed by atoms with Crippen LogP contribution in [-0.4, -0.2) is 13.5 Å². The van der Waals surface area contributed by atoms with Crippen molar-refractivity contribution in [1.29, 1.82) is 0 Å². The zero-order valence-corrected chi connectivity index (χ0v) is 15.3. The average Bonchev–Trinajstić information content (AvgIpc) is 2.24. The number of rotatable bonds is 5. The van der Waals surface area contributed by atoms with Gasteiger partial charge in [0, 0.05) is 0 Å². The Kier molecular flexibility index (Phi) is 8.29. The van der Waals surface area contributed by atoms with E-state index in [2.05, 4.69) is 0 Å². The zero-order chi connectivity index (χ0) is 13.9. The minimum absolute atomic E-state index is 0. The van der Waals surface area contributed by atoms with Crippen molar-refractivity contribution in [3.63, 3.8) is 0 Å². The van der Waals surface area contributed by atoms with Gasteiger partial charge in [0.1, 0.15) is 5.75 Å². The summed E-state index contributed by atoms with van der Waals surface area (Å²) < 4.78 is 42.1. The van der Waals surface area contributed by atoms with Crippen molar-refractivity contribution >= 4 is 6.98 Å². The second-order valence-corrected chi connectivity index (χ2v) is 5.10. The molecule has 0 aliphatic rings. The molecule has 1 rings (SSSR count). The Morgan fingerprint density at radius 3 is 1.74 bits per heavy atom. The van der Waals surface area contributed by atoms with E-state index in [1.165, 1.54) is 0 Å². The third-order valence-corrected chi connectivity index (χ3v) is 2.74. The maximum absolute atomic E-state index is 12.3. The second-order valence-electron chi connectivity index (χ2n) is 5.10. The van der Waals surface area contributed by atoms with Gasteiger partial charge in [-0.25, -0.2) is 0 Å². The van der Waals surface area contributed by atoms with Gasteiger partial charge in [-0.05, 0) is 23.0 Å². The van der Waals surface area contributed by atoms with Gasteiger partial charge in [-0.1, -0.05) is 45.9 Å². The molecule has 0 aliphatic carbocycles. The average molecular weight is 298 g/mol. The first kappa shape index (κ1) is 19.5. The SMILES string of the molecule is CC(C)c1cccc(C(C)C)c1OC[B-](F)(F)F.[K+]. The third kappa shape index (κ3) is 6.21. The summed E-state index contributed by atoms with van der Waals surface area (Å²) in [5.74, 6) is 0.681. The summed E-state index contributed by atoms with van der Waals surface area (Å²) in [6.07, 6.45) is 0. The molecule has 1 aromatic carbocycles. The van der Waals surface area contributed by atoms with Crippen LogP contribution in [0.5, 0.6) is 5.75 Å². The zero-order valence-electron chi connectivity index (χ0n) is 12.2. The Balaban J connectivity index is 0.00000324. The molecule has 0 heterocycles. The van der Waals surface area contributed by atoms with Gasteiger partial charge in [0.05, 0.1) is 6.51 Å². The fraction of sp³-hybridized carbons (Fsp3) is 0.538. The Morgan fingerprint density at radius 1 is 1.00 bits per heavy atom. The molecule has 1 aromatic rings. The maximum Gasteiger partial charge on any atom is 1.00 e. The molecule has 0 N–H and O–H groups in total. The molecule has 0 radical (unpaired) electrons. The van der Waals surface area contributed by atoms with Crippen molar-refractivity contribution in [3.8, 4) is 5.75 Å². The van der Waals surface area contributed by atoms with Crippen molar-refractivity contribution < 1.29 is 69.1 Å². The predicted octanol–water partition coefficient (Wildman–Crippen LogP) is 1.70. The van der Waals surface area contributed by atoms with Crippen LogP contribution in [0.3, 0.4) is 0 Å². The van der Waals surface area contributed by atoms with Gasteiger partial charge < -0.3 is 17.7 Å². The molecule has 19 heavy (non-hydrogen) atoms. The fourth-order valence-electron chi connectivity index (χ4n) is 1.83. The number of benzene rings is 1. The summed E-state index contributed by atoms with van der Waals surface area (Å²) in [4.78, 5) is 0. The smallest absolute Gasteiger partial charge is 0.521 e. The van der Waals surface area contributed by atoms with Crippen LogP contribution in [0.25, 0.3) is 0 Å². The van der Waals surface area contributed by atoms with Crippen LogP contribution in [0.2, 0.25) is 0 Å². The van der Waals surface area contributed by atoms with Gasteiger partial charge >= 0.3 is 58.4 Å². The normalized spacial score (nSPS) is 11.6. The number of ether oxygens (including phenoxy) is 1. The van der Waals surface area contributed by atoms with Crippen molar-refractivity contribution in [3.05, 3.63) is 29.3 Å². The van der Waals surface area contributed by atoms with Crippen LogP contribution < -0.4 is 56.1 Å². The van der Waals surface area contributed by atoms with Crippen LogP contribution >= 0.6 is 0 Å². The van der Waals surface area contributed by atoms with Crippen molar-refractivity contribution in [2.45, 2.75) is 39.5 Å². The molecule has 0 saturated heterocycles. The van der Waals surface area contributed by atoms with E-state index in [1.807, 2.05) is 45.9 Å². The van der Waals surface area contributed by atoms with E-state index in [-0.39, 0.29) is 63.2 Å². The second kappa shape index (κ2) is 8.08. The fourth-order valence-corrected chi connectivity index (χ4v) is 1.83. The van der Waals surface area contributed by atoms with Crippen molar-refractivity contribution in [1.82, 2.24) is 0 Å². The molecule has 0 unspecified atom stereocenters. The molecule has 0 aromatic heterocycles. The van der Waals surface area contributed by atoms with E-state index in [9.17, 15) is 12.9 Å². The largest absolute Gasteiger partial charge is 1.00 e. The summed E-state index contributed by atoms with van der Waals surface area (Å²) in [5, 5.41) is 0. The number of halogens is 3. The van der Waals surface area contributed by atoms with E-state index in [1.54, 1.807) is 0 Å². The standard InChI is InChI=1S/C13H19BF3O.K/c1-9(2)11-6-5-7-12(10(3)4)13(11)18-8-14(15,16)17;/h5-7,9-10H,8H2,1-4H3;/q-1;+1. The minimum atomic E-state index is -4.92. The summed E-state index contributed by atoms with van der Waals surface area (Å²) in [6.45, 7) is 1.70. The first-order valence-electron chi connectivity index (χ1n) is 6.19. The Hall–Kier alpha value is 0.511. The molecule has 0 atom stereocenters. The van der Waals surface area contributed by atoms with Gasteiger partial charge in [-0.2, -0.15) is 0 Å². The molecule has 0 aliphatic heterocycles. The summed E-state index contributed by atoms with van der Waals surface area (Å²) in [6, 6.07) is 5.53. The molecular weight excluding hydrogens is 279 g/mol. The van der Waals surface area contributed by atoms with Gasteiger partial charge in [-0.15, -0.1) is 0 Å². The van der Waals surface area contributed by atoms with Gasteiger partial charge in [0.15, 0.2) is 0 Å². The van der Waals surface area contributed by atoms with Gasteiger partial charge in [0.2, 0.25) is 0 Å². The molecular formula is C13H19BF3KO. The van der Waals surface area contributed by atoms with Gasteiger partial charge in [0.25, 0.3) is 0 Å². The quantitative estimate of drug-likeness (QED) is 0.752. The van der Waals surface area contributed by atoms with Crippen LogP contribution in [0.4, 0.5) is 12.9 Å². The molecule has 0 saturated carbocycles. The Morgan fingerprint density at radius 2 is 1.42 bits per heavy atom. The van der Waals surface area contributed by atoms with Crippen molar-refractivity contribution in [2.75, 3.05) is 6.51 Å². The number of hydrogen-bond acceptors (Lipinski definition) is 1. The Bertz CT molecular complexity index is 379. The minimum Gasteiger partial charge on any atom is -0.521 e. The number of hydrogen-bond donors (Lipinski definition) is 0. The molecule has 0 bridgehead atoms. The summed E-state index contributed by atoms with van der Waals surface area (Å²) in [5.41, 5.74) is 1.67. The molecule has 102 valence electrons. The van der Waals surface area contributed by atoms with Crippen LogP contribution in [0.15, 0.2) is 18.2 Å². The molecule has 6 heteroatoms. The van der Waals surface area contributed by atoms with E-state index < -0.39 is 13.5 Å². The van der Waals surface area contributed by atoms with Gasteiger partial charge in [-0.3, -0.25) is 0 Å². The van der Waals surface area contributed by atoms with E-state index >= 15 is 0 Å². The molecule has 0 spiro atoms. The van der Waals surface area contributed by atoms with E-state index in [4.69, 9.17) is 4.74 Å². The maximum atomic E-state index is 12.3. The molecule has 0 amide bonds. The monoisotopic (exact) mass is 298 g/mol. The number of para-hydroxylation sites is 1.